The number of aromatic amines is 1. The molecule has 1 aromatic rings. The van der Waals surface area contributed by atoms with E-state index in [0.29, 0.717) is 0 Å². The number of halogens is 1. The lowest BCUT2D eigenvalue weighted by molar-refractivity contribution is 0.968. The molecule has 62 valence electrons. The summed E-state index contributed by atoms with van der Waals surface area (Å²) in [7, 11) is 3.72. The molecule has 0 aliphatic carbocycles. The van der Waals surface area contributed by atoms with Gasteiger partial charge in [0.2, 0.25) is 0 Å². The zero-order valence-electron chi connectivity index (χ0n) is 6.37. The molecule has 0 atom stereocenters. The highest BCUT2D eigenvalue weighted by atomic mass is 35.5. The molecule has 0 aliphatic heterocycles. The van der Waals surface area contributed by atoms with Crippen molar-refractivity contribution in [2.24, 2.45) is 0 Å². The van der Waals surface area contributed by atoms with E-state index in [1.165, 1.54) is 6.07 Å². The Morgan fingerprint density at radius 1 is 1.55 bits per heavy atom. The first kappa shape index (κ1) is 9.97. The lowest BCUT2D eigenvalue weighted by Crippen LogP contribution is -2.14. The van der Waals surface area contributed by atoms with Crippen molar-refractivity contribution < 1.29 is 0 Å². The second kappa shape index (κ2) is 3.98. The van der Waals surface area contributed by atoms with Crippen molar-refractivity contribution in [3.63, 3.8) is 0 Å². The van der Waals surface area contributed by atoms with Gasteiger partial charge in [-0.1, -0.05) is 0 Å². The molecule has 5 heteroatoms. The predicted molar refractivity (Wildman–Crippen MR) is 46.4 cm³/mol. The third-order valence-corrected chi connectivity index (χ3v) is 1.17. The van der Waals surface area contributed by atoms with Crippen LogP contribution in [0.15, 0.2) is 17.1 Å². The quantitative estimate of drug-likeness (QED) is 0.666. The van der Waals surface area contributed by atoms with E-state index in [9.17, 15) is 4.79 Å². The molecule has 1 rings (SSSR count). The largest absolute Gasteiger partial charge is 0.376 e. The minimum absolute atomic E-state index is 0. The Morgan fingerprint density at radius 2 is 2.18 bits per heavy atom. The molecule has 0 aromatic carbocycles. The molecule has 1 aromatic heterocycles. The van der Waals surface area contributed by atoms with Crippen LogP contribution in [0.1, 0.15) is 0 Å². The van der Waals surface area contributed by atoms with E-state index < -0.39 is 0 Å². The Labute approximate surface area is 70.6 Å². The Balaban J connectivity index is 0.000001000. The summed E-state index contributed by atoms with van der Waals surface area (Å²) in [5.41, 5.74) is 0.634. The fourth-order valence-corrected chi connectivity index (χ4v) is 0.610. The minimum Gasteiger partial charge on any atom is -0.376 e. The van der Waals surface area contributed by atoms with Gasteiger partial charge in [0, 0.05) is 20.2 Å². The molecule has 0 fully saturated rings. The van der Waals surface area contributed by atoms with Gasteiger partial charge in [0.05, 0.1) is 11.9 Å². The maximum atomic E-state index is 10.6. The third-order valence-electron chi connectivity index (χ3n) is 1.17. The first-order chi connectivity index (χ1) is 4.70. The second-order valence-corrected chi connectivity index (χ2v) is 2.20. The minimum atomic E-state index is -0.175. The van der Waals surface area contributed by atoms with Gasteiger partial charge in [0.25, 0.3) is 5.56 Å². The molecule has 0 radical (unpaired) electrons. The lowest BCUT2D eigenvalue weighted by Gasteiger charge is -2.09. The summed E-state index contributed by atoms with van der Waals surface area (Å²) in [5, 5.41) is 5.92. The van der Waals surface area contributed by atoms with Gasteiger partial charge in [0.15, 0.2) is 0 Å². The average molecular weight is 176 g/mol. The number of nitrogens with one attached hydrogen (secondary N) is 1. The number of rotatable bonds is 1. The summed E-state index contributed by atoms with van der Waals surface area (Å²) in [6.07, 6.45) is 1.60. The summed E-state index contributed by atoms with van der Waals surface area (Å²) in [4.78, 5) is 12.5. The van der Waals surface area contributed by atoms with Crippen LogP contribution in [0.2, 0.25) is 0 Å². The van der Waals surface area contributed by atoms with Gasteiger partial charge >= 0.3 is 0 Å². The molecule has 0 bridgehead atoms. The van der Waals surface area contributed by atoms with Crippen LogP contribution in [0.4, 0.5) is 5.69 Å². The predicted octanol–water partition coefficient (Wildman–Crippen LogP) is 0.258. The molecule has 11 heavy (non-hydrogen) atoms. The zero-order chi connectivity index (χ0) is 7.56. The highest BCUT2D eigenvalue weighted by Crippen LogP contribution is 2.01. The fraction of sp³-hybridized carbons (Fsp3) is 0.333. The van der Waals surface area contributed by atoms with Gasteiger partial charge < -0.3 is 4.90 Å². The first-order valence-electron chi connectivity index (χ1n) is 2.92. The van der Waals surface area contributed by atoms with Crippen molar-refractivity contribution in [3.05, 3.63) is 22.6 Å². The molecule has 0 unspecified atom stereocenters. The van der Waals surface area contributed by atoms with Crippen molar-refractivity contribution in [1.29, 1.82) is 0 Å². The van der Waals surface area contributed by atoms with Crippen LogP contribution < -0.4 is 10.5 Å². The van der Waals surface area contributed by atoms with E-state index in [2.05, 4.69) is 10.2 Å². The molecule has 0 amide bonds. The van der Waals surface area contributed by atoms with Crippen LogP contribution >= 0.6 is 12.4 Å². The van der Waals surface area contributed by atoms with Crippen LogP contribution in [0, 0.1) is 0 Å². The number of H-pyrrole nitrogens is 1. The van der Waals surface area contributed by atoms with Crippen molar-refractivity contribution >= 4 is 18.1 Å². The highest BCUT2D eigenvalue weighted by molar-refractivity contribution is 5.85. The Kier molecular flexibility index (Phi) is 3.60. The van der Waals surface area contributed by atoms with Crippen molar-refractivity contribution in [1.82, 2.24) is 10.2 Å². The van der Waals surface area contributed by atoms with E-state index in [-0.39, 0.29) is 18.0 Å². The van der Waals surface area contributed by atoms with Crippen molar-refractivity contribution in [2.45, 2.75) is 0 Å². The van der Waals surface area contributed by atoms with Gasteiger partial charge in [-0.2, -0.15) is 5.10 Å². The summed E-state index contributed by atoms with van der Waals surface area (Å²) in [6.45, 7) is 0. The molecular formula is C6H10ClN3O. The molecule has 0 spiro atoms. The van der Waals surface area contributed by atoms with Crippen molar-refractivity contribution in [3.8, 4) is 0 Å². The van der Waals surface area contributed by atoms with Crippen LogP contribution in [0.5, 0.6) is 0 Å². The summed E-state index contributed by atoms with van der Waals surface area (Å²) in [6, 6.07) is 1.49. The Hall–Kier alpha value is -1.03. The number of nitrogens with zero attached hydrogens (tertiary/aromatic N) is 2. The topological polar surface area (TPSA) is 49.0 Å². The van der Waals surface area contributed by atoms with Crippen LogP contribution in [0.3, 0.4) is 0 Å². The van der Waals surface area contributed by atoms with Crippen LogP contribution in [0.25, 0.3) is 0 Å². The highest BCUT2D eigenvalue weighted by Gasteiger charge is 1.93. The first-order valence-corrected chi connectivity index (χ1v) is 2.92. The van der Waals surface area contributed by atoms with E-state index >= 15 is 0 Å². The molecule has 0 saturated heterocycles. The van der Waals surface area contributed by atoms with Gasteiger partial charge in [-0.3, -0.25) is 4.79 Å². The summed E-state index contributed by atoms with van der Waals surface area (Å²) in [5.74, 6) is 0. The maximum absolute atomic E-state index is 10.6. The van der Waals surface area contributed by atoms with E-state index in [4.69, 9.17) is 0 Å². The number of aromatic nitrogens is 2. The van der Waals surface area contributed by atoms with E-state index in [1.54, 1.807) is 6.20 Å². The molecule has 0 saturated carbocycles. The summed E-state index contributed by atoms with van der Waals surface area (Å²) >= 11 is 0. The van der Waals surface area contributed by atoms with Gasteiger partial charge in [0.1, 0.15) is 0 Å². The summed E-state index contributed by atoms with van der Waals surface area (Å²) < 4.78 is 0. The van der Waals surface area contributed by atoms with Gasteiger partial charge in [-0.15, -0.1) is 12.4 Å². The molecular weight excluding hydrogens is 166 g/mol. The standard InChI is InChI=1S/C6H9N3O.ClH/c1-9(2)5-3-6(10)8-7-4-5;/h3-4H,1-2H3,(H,8,10);1H. The fourth-order valence-electron chi connectivity index (χ4n) is 0.610. The Morgan fingerprint density at radius 3 is 2.55 bits per heavy atom. The van der Waals surface area contributed by atoms with Crippen molar-refractivity contribution in [2.75, 3.05) is 19.0 Å². The normalized spacial score (nSPS) is 8.55. The monoisotopic (exact) mass is 175 g/mol. The van der Waals surface area contributed by atoms with Crippen LogP contribution in [-0.4, -0.2) is 24.3 Å². The van der Waals surface area contributed by atoms with Gasteiger partial charge in [-0.25, -0.2) is 5.10 Å². The lowest BCUT2D eigenvalue weighted by atomic mass is 10.4. The zero-order valence-corrected chi connectivity index (χ0v) is 7.18. The third kappa shape index (κ3) is 2.59. The smallest absolute Gasteiger partial charge is 0.266 e. The molecule has 0 aliphatic rings. The van der Waals surface area contributed by atoms with Crippen LogP contribution in [-0.2, 0) is 0 Å². The number of hydrogen-bond donors (Lipinski definition) is 1. The van der Waals surface area contributed by atoms with E-state index in [1.807, 2.05) is 19.0 Å². The molecule has 1 heterocycles. The second-order valence-electron chi connectivity index (χ2n) is 2.20. The number of anilines is 1. The molecule has 4 nitrogen and oxygen atoms in total. The SMILES string of the molecule is CN(C)c1cn[nH]c(=O)c1.Cl. The number of hydrogen-bond acceptors (Lipinski definition) is 3. The Bertz CT molecular complexity index is 271. The molecule has 1 N–H and O–H groups in total. The van der Waals surface area contributed by atoms with Gasteiger partial charge in [-0.05, 0) is 0 Å². The van der Waals surface area contributed by atoms with E-state index in [0.717, 1.165) is 5.69 Å². The maximum Gasteiger partial charge on any atom is 0.266 e. The average Bonchev–Trinajstić information content (AvgIpc) is 1.88.